The van der Waals surface area contributed by atoms with Gasteiger partial charge in [-0.2, -0.15) is 0 Å². The van der Waals surface area contributed by atoms with Crippen molar-refractivity contribution in [1.29, 1.82) is 0 Å². The van der Waals surface area contributed by atoms with Gasteiger partial charge in [0.05, 0.1) is 6.61 Å². The molecule has 0 aliphatic heterocycles. The monoisotopic (exact) mass is 279 g/mol. The molecule has 0 rings (SSSR count). The number of esters is 1. The van der Waals surface area contributed by atoms with Crippen LogP contribution in [0.1, 0.15) is 75.7 Å². The standard InChI is InChI=1S/C4H9NO.C4H8O2.2C3H8.CH4/c1-3-5-4(2)6;1-3-6-4(2)5;2*1-3-2;/h3H2,1-2H3,(H,5,6);3H2,1-2H3;2*3H2,1-2H3;1H4. The van der Waals surface area contributed by atoms with E-state index < -0.39 is 0 Å². The quantitative estimate of drug-likeness (QED) is 0.771. The van der Waals surface area contributed by atoms with Gasteiger partial charge in [0.15, 0.2) is 0 Å². The Hall–Kier alpha value is -1.06. The number of nitrogens with one attached hydrogen (secondary N) is 1. The zero-order valence-corrected chi connectivity index (χ0v) is 13.6. The molecule has 19 heavy (non-hydrogen) atoms. The number of hydrogen-bond donors (Lipinski definition) is 1. The van der Waals surface area contributed by atoms with E-state index in [9.17, 15) is 9.59 Å². The summed E-state index contributed by atoms with van der Waals surface area (Å²) in [7, 11) is 0. The minimum atomic E-state index is -0.211. The predicted molar refractivity (Wildman–Crippen MR) is 85.3 cm³/mol. The van der Waals surface area contributed by atoms with Gasteiger partial charge in [-0.1, -0.05) is 48.0 Å². The second kappa shape index (κ2) is 36.0. The van der Waals surface area contributed by atoms with Gasteiger partial charge in [0.25, 0.3) is 0 Å². The summed E-state index contributed by atoms with van der Waals surface area (Å²) in [6.45, 7) is 16.3. The van der Waals surface area contributed by atoms with Gasteiger partial charge < -0.3 is 10.1 Å². The van der Waals surface area contributed by atoms with E-state index in [4.69, 9.17) is 0 Å². The molecule has 0 saturated carbocycles. The third kappa shape index (κ3) is 155. The van der Waals surface area contributed by atoms with Crippen LogP contribution in [0.15, 0.2) is 0 Å². The number of hydrogen-bond acceptors (Lipinski definition) is 3. The Kier molecular flexibility index (Phi) is 58.2. The van der Waals surface area contributed by atoms with Crippen molar-refractivity contribution in [3.63, 3.8) is 0 Å². The minimum absolute atomic E-state index is 0. The highest BCUT2D eigenvalue weighted by Gasteiger charge is 1.81. The summed E-state index contributed by atoms with van der Waals surface area (Å²) in [6, 6.07) is 0. The lowest BCUT2D eigenvalue weighted by molar-refractivity contribution is -0.140. The fourth-order valence-electron chi connectivity index (χ4n) is 0.452. The van der Waals surface area contributed by atoms with Crippen molar-refractivity contribution < 1.29 is 14.3 Å². The Bertz CT molecular complexity index is 141. The summed E-state index contributed by atoms with van der Waals surface area (Å²) in [4.78, 5) is 19.8. The Morgan fingerprint density at radius 2 is 1.21 bits per heavy atom. The van der Waals surface area contributed by atoms with Gasteiger partial charge in [0.2, 0.25) is 5.91 Å². The summed E-state index contributed by atoms with van der Waals surface area (Å²) in [5.74, 6) is -0.171. The molecule has 0 spiro atoms. The van der Waals surface area contributed by atoms with Crippen LogP contribution in [-0.4, -0.2) is 25.0 Å². The fourth-order valence-corrected chi connectivity index (χ4v) is 0.452. The lowest BCUT2D eigenvalue weighted by Gasteiger charge is -1.89. The van der Waals surface area contributed by atoms with Crippen LogP contribution in [0.5, 0.6) is 0 Å². The maximum absolute atomic E-state index is 9.93. The van der Waals surface area contributed by atoms with E-state index >= 15 is 0 Å². The van der Waals surface area contributed by atoms with Gasteiger partial charge in [-0.3, -0.25) is 9.59 Å². The van der Waals surface area contributed by atoms with Crippen molar-refractivity contribution >= 4 is 11.9 Å². The van der Waals surface area contributed by atoms with E-state index in [0.29, 0.717) is 6.61 Å². The lowest BCUT2D eigenvalue weighted by Crippen LogP contribution is -2.18. The van der Waals surface area contributed by atoms with Gasteiger partial charge in [0.1, 0.15) is 0 Å². The largest absolute Gasteiger partial charge is 0.466 e. The lowest BCUT2D eigenvalue weighted by atomic mass is 10.6. The third-order valence-electron chi connectivity index (χ3n) is 0.773. The second-order valence-corrected chi connectivity index (χ2v) is 3.43. The van der Waals surface area contributed by atoms with Crippen LogP contribution >= 0.6 is 0 Å². The van der Waals surface area contributed by atoms with Gasteiger partial charge in [-0.25, -0.2) is 0 Å². The summed E-state index contributed by atoms with van der Waals surface area (Å²) in [5, 5.41) is 2.57. The first kappa shape index (κ1) is 30.7. The molecule has 4 heteroatoms. The molecule has 0 atom stereocenters. The second-order valence-electron chi connectivity index (χ2n) is 3.43. The van der Waals surface area contributed by atoms with Gasteiger partial charge in [-0.05, 0) is 13.8 Å². The zero-order chi connectivity index (χ0) is 15.4. The van der Waals surface area contributed by atoms with E-state index in [1.54, 1.807) is 6.92 Å². The predicted octanol–water partition coefficient (Wildman–Crippen LogP) is 4.18. The van der Waals surface area contributed by atoms with E-state index in [0.717, 1.165) is 6.54 Å². The molecule has 0 aromatic heterocycles. The van der Waals surface area contributed by atoms with Crippen LogP contribution in [0.2, 0.25) is 0 Å². The van der Waals surface area contributed by atoms with E-state index in [2.05, 4.69) is 37.7 Å². The third-order valence-corrected chi connectivity index (χ3v) is 0.773. The SMILES string of the molecule is C.CCC.CCC.CCNC(C)=O.CCOC(C)=O. The highest BCUT2D eigenvalue weighted by molar-refractivity contribution is 5.72. The van der Waals surface area contributed by atoms with Crippen LogP contribution in [0.4, 0.5) is 0 Å². The molecule has 0 unspecified atom stereocenters. The smallest absolute Gasteiger partial charge is 0.302 e. The first-order valence-corrected chi connectivity index (χ1v) is 6.75. The average Bonchev–Trinajstić information content (AvgIpc) is 2.20. The molecule has 0 aromatic carbocycles. The zero-order valence-electron chi connectivity index (χ0n) is 13.6. The molecular formula is C15H37NO3. The first-order chi connectivity index (χ1) is 8.37. The molecule has 0 aromatic rings. The Morgan fingerprint density at radius 3 is 1.21 bits per heavy atom. The van der Waals surface area contributed by atoms with Gasteiger partial charge in [-0.15, -0.1) is 0 Å². The molecular weight excluding hydrogens is 242 g/mol. The number of carbonyl (C=O) groups excluding carboxylic acids is 2. The van der Waals surface area contributed by atoms with Crippen LogP contribution in [0, 0.1) is 0 Å². The summed E-state index contributed by atoms with van der Waals surface area (Å²) in [5.41, 5.74) is 0. The average molecular weight is 279 g/mol. The van der Waals surface area contributed by atoms with Crippen LogP contribution in [-0.2, 0) is 14.3 Å². The molecule has 0 bridgehead atoms. The first-order valence-electron chi connectivity index (χ1n) is 6.75. The van der Waals surface area contributed by atoms with Gasteiger partial charge >= 0.3 is 5.97 Å². The van der Waals surface area contributed by atoms with Crippen molar-refractivity contribution in [2.45, 2.75) is 75.7 Å². The highest BCUT2D eigenvalue weighted by Crippen LogP contribution is 1.69. The number of ether oxygens (including phenoxy) is 1. The Labute approximate surface area is 121 Å². The molecule has 1 N–H and O–H groups in total. The van der Waals surface area contributed by atoms with Crippen molar-refractivity contribution in [2.24, 2.45) is 0 Å². The van der Waals surface area contributed by atoms with Crippen molar-refractivity contribution in [3.05, 3.63) is 0 Å². The molecule has 0 heterocycles. The van der Waals surface area contributed by atoms with E-state index in [1.807, 2.05) is 6.92 Å². The topological polar surface area (TPSA) is 55.4 Å². The van der Waals surface area contributed by atoms with Crippen LogP contribution in [0.25, 0.3) is 0 Å². The highest BCUT2D eigenvalue weighted by atomic mass is 16.5. The number of amides is 1. The Morgan fingerprint density at radius 1 is 0.895 bits per heavy atom. The molecule has 120 valence electrons. The van der Waals surface area contributed by atoms with Crippen molar-refractivity contribution in [3.8, 4) is 0 Å². The molecule has 0 aliphatic carbocycles. The molecule has 0 aliphatic rings. The van der Waals surface area contributed by atoms with Gasteiger partial charge in [0, 0.05) is 20.4 Å². The maximum Gasteiger partial charge on any atom is 0.302 e. The Balaban J connectivity index is -0.0000000476. The van der Waals surface area contributed by atoms with Crippen LogP contribution in [0.3, 0.4) is 0 Å². The van der Waals surface area contributed by atoms with E-state index in [1.165, 1.54) is 26.7 Å². The summed E-state index contributed by atoms with van der Waals surface area (Å²) in [6.07, 6.45) is 2.50. The number of carbonyl (C=O) groups is 2. The molecule has 0 radical (unpaired) electrons. The minimum Gasteiger partial charge on any atom is -0.466 e. The molecule has 0 fully saturated rings. The summed E-state index contributed by atoms with van der Waals surface area (Å²) >= 11 is 0. The fraction of sp³-hybridized carbons (Fsp3) is 0.867. The molecule has 4 nitrogen and oxygen atoms in total. The van der Waals surface area contributed by atoms with Crippen molar-refractivity contribution in [2.75, 3.05) is 13.2 Å². The van der Waals surface area contributed by atoms with Crippen LogP contribution < -0.4 is 5.32 Å². The number of rotatable bonds is 2. The maximum atomic E-state index is 9.93. The molecule has 1 amide bonds. The normalized spacial score (nSPS) is 6.74. The van der Waals surface area contributed by atoms with Crippen molar-refractivity contribution in [1.82, 2.24) is 5.32 Å². The molecule has 0 saturated heterocycles. The summed E-state index contributed by atoms with van der Waals surface area (Å²) < 4.78 is 4.40. The van der Waals surface area contributed by atoms with E-state index in [-0.39, 0.29) is 19.3 Å².